The molecule has 2 aromatic carbocycles. The molecule has 0 saturated carbocycles. The minimum absolute atomic E-state index is 0.0105. The Kier molecular flexibility index (Phi) is 4.94. The molecule has 144 valence electrons. The third kappa shape index (κ3) is 3.30. The zero-order valence-electron chi connectivity index (χ0n) is 17.9. The Morgan fingerprint density at radius 2 is 0.889 bits per heavy atom. The van der Waals surface area contributed by atoms with Crippen molar-refractivity contribution in [2.24, 2.45) is 21.1 Å². The van der Waals surface area contributed by atoms with Gasteiger partial charge in [0, 0.05) is 0 Å². The summed E-state index contributed by atoms with van der Waals surface area (Å²) < 4.78 is -0.544. The number of hydrogen-bond acceptors (Lipinski definition) is 2. The fourth-order valence-corrected chi connectivity index (χ4v) is 7.25. The van der Waals surface area contributed by atoms with Crippen LogP contribution in [0.4, 0.5) is 0 Å². The number of azo groups is 1. The Morgan fingerprint density at radius 3 is 1.15 bits per heavy atom. The van der Waals surface area contributed by atoms with Crippen LogP contribution in [-0.4, -0.2) is 15.0 Å². The van der Waals surface area contributed by atoms with Crippen LogP contribution < -0.4 is 0 Å². The van der Waals surface area contributed by atoms with Gasteiger partial charge in [0.25, 0.3) is 0 Å². The fourth-order valence-electron chi connectivity index (χ4n) is 3.66. The van der Waals surface area contributed by atoms with Crippen molar-refractivity contribution < 1.29 is 0 Å². The van der Waals surface area contributed by atoms with Crippen molar-refractivity contribution in [1.29, 1.82) is 0 Å². The zero-order chi connectivity index (χ0) is 20.1. The first-order chi connectivity index (χ1) is 12.4. The Balaban J connectivity index is 2.20. The molecule has 0 spiro atoms. The summed E-state index contributed by atoms with van der Waals surface area (Å²) in [4.78, 5) is 0. The first kappa shape index (κ1) is 20.3. The molecule has 27 heavy (non-hydrogen) atoms. The third-order valence-corrected chi connectivity index (χ3v) is 10.7. The second-order valence-corrected chi connectivity index (χ2v) is 12.7. The van der Waals surface area contributed by atoms with Crippen molar-refractivity contribution in [2.45, 2.75) is 64.3 Å². The molecule has 0 N–H and O–H groups in total. The number of nitrogens with zero attached hydrogens (tertiary/aromatic N) is 2. The number of aryl methyl sites for hydroxylation is 2. The molecule has 0 amide bonds. The molecule has 1 aliphatic heterocycles. The van der Waals surface area contributed by atoms with Gasteiger partial charge in [0.2, 0.25) is 0 Å². The zero-order valence-corrected chi connectivity index (χ0v) is 19.6. The molecule has 0 aliphatic carbocycles. The van der Waals surface area contributed by atoms with E-state index in [1.165, 1.54) is 22.3 Å². The molecule has 1 heterocycles. The molecule has 0 fully saturated rings. The van der Waals surface area contributed by atoms with Crippen LogP contribution in [0.3, 0.4) is 0 Å². The van der Waals surface area contributed by atoms with Gasteiger partial charge in [-0.05, 0) is 0 Å². The molecule has 0 aromatic heterocycles. The summed E-state index contributed by atoms with van der Waals surface area (Å²) in [6, 6.07) is 17.9. The summed E-state index contributed by atoms with van der Waals surface area (Å²) in [5.41, 5.74) is 5.13. The van der Waals surface area contributed by atoms with Crippen molar-refractivity contribution in [1.82, 2.24) is 0 Å². The van der Waals surface area contributed by atoms with Crippen molar-refractivity contribution in [3.8, 4) is 0 Å². The molecule has 0 saturated heterocycles. The van der Waals surface area contributed by atoms with E-state index in [4.69, 9.17) is 10.2 Å². The van der Waals surface area contributed by atoms with E-state index in [-0.39, 0.29) is 34.7 Å². The van der Waals surface area contributed by atoms with E-state index >= 15 is 0 Å². The summed E-state index contributed by atoms with van der Waals surface area (Å²) in [5, 5.41) is 10.2. The third-order valence-electron chi connectivity index (χ3n) is 5.55. The maximum absolute atomic E-state index is 5.11. The average Bonchev–Trinajstić information content (AvgIpc) is 2.99. The molecule has 3 heteroatoms. The fraction of sp³-hybridized carbons (Fsp3) is 0.500. The average molecular weight is 427 g/mol. The van der Waals surface area contributed by atoms with Crippen molar-refractivity contribution in [3.05, 3.63) is 70.8 Å². The van der Waals surface area contributed by atoms with Gasteiger partial charge >= 0.3 is 171 Å². The van der Waals surface area contributed by atoms with Crippen LogP contribution in [-0.2, 0) is 8.87 Å². The van der Waals surface area contributed by atoms with Gasteiger partial charge in [-0.15, -0.1) is 0 Å². The van der Waals surface area contributed by atoms with Crippen LogP contribution in [0.1, 0.15) is 63.8 Å². The van der Waals surface area contributed by atoms with Gasteiger partial charge in [-0.1, -0.05) is 0 Å². The van der Waals surface area contributed by atoms with E-state index in [1.807, 2.05) is 0 Å². The summed E-state index contributed by atoms with van der Waals surface area (Å²) in [7, 11) is 0. The van der Waals surface area contributed by atoms with Crippen LogP contribution >= 0.6 is 0 Å². The second-order valence-electron chi connectivity index (χ2n) is 9.82. The molecule has 3 rings (SSSR count). The monoisotopic (exact) mass is 428 g/mol. The van der Waals surface area contributed by atoms with E-state index in [0.717, 1.165) is 0 Å². The topological polar surface area (TPSA) is 24.7 Å². The standard InChI is InChI=1S/C24H32N2Se/c1-17-9-13-19(14-10-17)23(21(3,4)5)25-26-24(27-23,22(6,7)8)20-15-11-18(2)12-16-20/h9-16H,1-8H3/t23-,24-/m1/s1. The second kappa shape index (κ2) is 6.57. The summed E-state index contributed by atoms with van der Waals surface area (Å²) in [5.74, 6) is 0. The minimum atomic E-state index is -0.272. The Labute approximate surface area is 171 Å². The van der Waals surface area contributed by atoms with Crippen LogP contribution in [0.25, 0.3) is 0 Å². The van der Waals surface area contributed by atoms with Crippen LogP contribution in [0.5, 0.6) is 0 Å². The van der Waals surface area contributed by atoms with Crippen LogP contribution in [0.15, 0.2) is 58.8 Å². The van der Waals surface area contributed by atoms with Gasteiger partial charge in [-0.25, -0.2) is 0 Å². The first-order valence-electron chi connectivity index (χ1n) is 9.70. The molecule has 0 unspecified atom stereocenters. The van der Waals surface area contributed by atoms with E-state index < -0.39 is 0 Å². The molecular formula is C24H32N2Se. The first-order valence-corrected chi connectivity index (χ1v) is 11.4. The predicted octanol–water partition coefficient (Wildman–Crippen LogP) is 6.57. The maximum atomic E-state index is 5.11. The summed E-state index contributed by atoms with van der Waals surface area (Å²) in [6.45, 7) is 18.1. The molecule has 0 bridgehead atoms. The van der Waals surface area contributed by atoms with E-state index in [9.17, 15) is 0 Å². The van der Waals surface area contributed by atoms with Gasteiger partial charge in [0.15, 0.2) is 0 Å². The Bertz CT molecular complexity index is 766. The van der Waals surface area contributed by atoms with Gasteiger partial charge in [0.05, 0.1) is 0 Å². The molecule has 1 aliphatic rings. The summed E-state index contributed by atoms with van der Waals surface area (Å²) in [6.07, 6.45) is 0. The van der Waals surface area contributed by atoms with E-state index in [0.29, 0.717) is 0 Å². The Morgan fingerprint density at radius 1 is 0.593 bits per heavy atom. The molecule has 0 radical (unpaired) electrons. The van der Waals surface area contributed by atoms with Gasteiger partial charge in [-0.3, -0.25) is 0 Å². The van der Waals surface area contributed by atoms with Crippen molar-refractivity contribution >= 4 is 15.0 Å². The van der Waals surface area contributed by atoms with Gasteiger partial charge < -0.3 is 0 Å². The van der Waals surface area contributed by atoms with Crippen molar-refractivity contribution in [2.75, 3.05) is 0 Å². The van der Waals surface area contributed by atoms with Crippen LogP contribution in [0, 0.1) is 24.7 Å². The summed E-state index contributed by atoms with van der Waals surface area (Å²) >= 11 is 0.126. The van der Waals surface area contributed by atoms with E-state index in [2.05, 4.69) is 104 Å². The molecule has 2 nitrogen and oxygen atoms in total. The molecule has 2 atom stereocenters. The van der Waals surface area contributed by atoms with Gasteiger partial charge in [0.1, 0.15) is 0 Å². The van der Waals surface area contributed by atoms with Gasteiger partial charge in [-0.2, -0.15) is 0 Å². The molecule has 2 aromatic rings. The normalized spacial score (nSPS) is 25.8. The molecular weight excluding hydrogens is 395 g/mol. The Hall–Kier alpha value is -1.44. The number of rotatable bonds is 2. The SMILES string of the molecule is Cc1ccc([C@@]2(C(C)(C)C)N=N[C@@](c3ccc(C)cc3)(C(C)(C)C)[Se]2)cc1. The quantitative estimate of drug-likeness (QED) is 0.484. The van der Waals surface area contributed by atoms with Crippen LogP contribution in [0.2, 0.25) is 0 Å². The van der Waals surface area contributed by atoms with E-state index in [1.54, 1.807) is 0 Å². The number of benzene rings is 2. The van der Waals surface area contributed by atoms with Crippen molar-refractivity contribution in [3.63, 3.8) is 0 Å². The predicted molar refractivity (Wildman–Crippen MR) is 115 cm³/mol. The number of hydrogen-bond donors (Lipinski definition) is 0.